The Kier molecular flexibility index (Phi) is 3.76. The Bertz CT molecular complexity index is 515. The van der Waals surface area contributed by atoms with Gasteiger partial charge in [0.1, 0.15) is 0 Å². The van der Waals surface area contributed by atoms with Crippen molar-refractivity contribution in [2.24, 2.45) is 0 Å². The Morgan fingerprint density at radius 2 is 2.21 bits per heavy atom. The van der Waals surface area contributed by atoms with Gasteiger partial charge in [-0.05, 0) is 50.4 Å². The van der Waals surface area contributed by atoms with Crippen molar-refractivity contribution in [1.29, 1.82) is 0 Å². The van der Waals surface area contributed by atoms with Crippen LogP contribution in [0.25, 0.3) is 10.1 Å². The fourth-order valence-electron chi connectivity index (χ4n) is 2.95. The van der Waals surface area contributed by atoms with Gasteiger partial charge in [0, 0.05) is 24.3 Å². The largest absolute Gasteiger partial charge is 0.366 e. The molecule has 1 atom stereocenters. The third-order valence-electron chi connectivity index (χ3n) is 4.26. The van der Waals surface area contributed by atoms with Crippen LogP contribution in [-0.4, -0.2) is 38.1 Å². The fourth-order valence-corrected chi connectivity index (χ4v) is 4.00. The lowest BCUT2D eigenvalue weighted by Gasteiger charge is -2.23. The van der Waals surface area contributed by atoms with Gasteiger partial charge < -0.3 is 9.80 Å². The van der Waals surface area contributed by atoms with Crippen LogP contribution >= 0.6 is 11.3 Å². The minimum absolute atomic E-state index is 0.789. The summed E-state index contributed by atoms with van der Waals surface area (Å²) in [4.78, 5) is 4.93. The molecule has 19 heavy (non-hydrogen) atoms. The van der Waals surface area contributed by atoms with E-state index < -0.39 is 0 Å². The zero-order valence-electron chi connectivity index (χ0n) is 11.8. The molecule has 0 amide bonds. The van der Waals surface area contributed by atoms with Crippen LogP contribution in [0.5, 0.6) is 0 Å². The molecule has 1 aromatic carbocycles. The van der Waals surface area contributed by atoms with E-state index in [0.717, 1.165) is 12.6 Å². The number of likely N-dealkylation sites (tertiary alicyclic amines) is 1. The number of benzene rings is 1. The van der Waals surface area contributed by atoms with Crippen LogP contribution in [0.4, 0.5) is 5.00 Å². The number of thiophene rings is 1. The third kappa shape index (κ3) is 2.77. The van der Waals surface area contributed by atoms with Crippen LogP contribution < -0.4 is 4.90 Å². The molecule has 2 nitrogen and oxygen atoms in total. The Morgan fingerprint density at radius 1 is 1.37 bits per heavy atom. The number of anilines is 1. The first-order valence-corrected chi connectivity index (χ1v) is 7.95. The first-order chi connectivity index (χ1) is 9.24. The highest BCUT2D eigenvalue weighted by Gasteiger charge is 2.20. The summed E-state index contributed by atoms with van der Waals surface area (Å²) in [6.45, 7) is 2.43. The van der Waals surface area contributed by atoms with Gasteiger partial charge in [-0.15, -0.1) is 11.3 Å². The second kappa shape index (κ2) is 5.51. The van der Waals surface area contributed by atoms with E-state index >= 15 is 0 Å². The SMILES string of the molecule is CN(CCC1CCCN1C)c1cc2ccccc2s1. The maximum Gasteiger partial charge on any atom is 0.0918 e. The van der Waals surface area contributed by atoms with Crippen LogP contribution in [-0.2, 0) is 0 Å². The Morgan fingerprint density at radius 3 is 2.95 bits per heavy atom. The van der Waals surface area contributed by atoms with Crippen LogP contribution in [0.1, 0.15) is 19.3 Å². The quantitative estimate of drug-likeness (QED) is 0.836. The summed E-state index contributed by atoms with van der Waals surface area (Å²) in [6.07, 6.45) is 4.02. The molecular formula is C16H22N2S. The van der Waals surface area contributed by atoms with Crippen LogP contribution in [0.3, 0.4) is 0 Å². The third-order valence-corrected chi connectivity index (χ3v) is 5.49. The van der Waals surface area contributed by atoms with Gasteiger partial charge in [-0.25, -0.2) is 0 Å². The van der Waals surface area contributed by atoms with Crippen molar-refractivity contribution < 1.29 is 0 Å². The van der Waals surface area contributed by atoms with Crippen molar-refractivity contribution in [3.8, 4) is 0 Å². The number of fused-ring (bicyclic) bond motifs is 1. The van der Waals surface area contributed by atoms with E-state index in [2.05, 4.69) is 54.2 Å². The minimum Gasteiger partial charge on any atom is -0.366 e. The molecule has 1 unspecified atom stereocenters. The lowest BCUT2D eigenvalue weighted by atomic mass is 10.1. The lowest BCUT2D eigenvalue weighted by Crippen LogP contribution is -2.29. The van der Waals surface area contributed by atoms with E-state index in [1.807, 2.05) is 11.3 Å². The highest BCUT2D eigenvalue weighted by molar-refractivity contribution is 7.22. The van der Waals surface area contributed by atoms with Gasteiger partial charge in [0.15, 0.2) is 0 Å². The molecular weight excluding hydrogens is 252 g/mol. The van der Waals surface area contributed by atoms with Crippen LogP contribution in [0, 0.1) is 0 Å². The average Bonchev–Trinajstić information content (AvgIpc) is 3.01. The van der Waals surface area contributed by atoms with Crippen molar-refractivity contribution in [3.05, 3.63) is 30.3 Å². The molecule has 1 fully saturated rings. The second-order valence-electron chi connectivity index (χ2n) is 5.61. The summed E-state index contributed by atoms with van der Waals surface area (Å²) in [7, 11) is 4.48. The lowest BCUT2D eigenvalue weighted by molar-refractivity contribution is 0.298. The van der Waals surface area contributed by atoms with Gasteiger partial charge in [0.2, 0.25) is 0 Å². The minimum atomic E-state index is 0.789. The molecule has 1 aromatic heterocycles. The summed E-state index contributed by atoms with van der Waals surface area (Å²) in [5.74, 6) is 0. The number of hydrogen-bond acceptors (Lipinski definition) is 3. The molecule has 1 aliphatic heterocycles. The van der Waals surface area contributed by atoms with Crippen LogP contribution in [0.15, 0.2) is 30.3 Å². The zero-order chi connectivity index (χ0) is 13.2. The number of rotatable bonds is 4. The first-order valence-electron chi connectivity index (χ1n) is 7.14. The van der Waals surface area contributed by atoms with Gasteiger partial charge in [-0.1, -0.05) is 18.2 Å². The van der Waals surface area contributed by atoms with E-state index in [1.165, 1.54) is 40.9 Å². The molecule has 0 aliphatic carbocycles. The van der Waals surface area contributed by atoms with E-state index in [9.17, 15) is 0 Å². The zero-order valence-corrected chi connectivity index (χ0v) is 12.6. The van der Waals surface area contributed by atoms with Crippen molar-refractivity contribution in [2.75, 3.05) is 32.1 Å². The number of nitrogens with zero attached hydrogens (tertiary/aromatic N) is 2. The summed E-state index contributed by atoms with van der Waals surface area (Å²) in [6, 6.07) is 11.8. The molecule has 102 valence electrons. The first kappa shape index (κ1) is 12.9. The van der Waals surface area contributed by atoms with Crippen molar-refractivity contribution in [3.63, 3.8) is 0 Å². The van der Waals surface area contributed by atoms with Gasteiger partial charge in [0.05, 0.1) is 5.00 Å². The molecule has 0 radical (unpaired) electrons. The molecule has 0 N–H and O–H groups in total. The standard InChI is InChI=1S/C16H22N2S/c1-17-10-5-7-14(17)9-11-18(2)16-12-13-6-3-4-8-15(13)19-16/h3-4,6,8,12,14H,5,7,9-11H2,1-2H3. The molecule has 0 saturated carbocycles. The predicted molar refractivity (Wildman–Crippen MR) is 85.4 cm³/mol. The Balaban J connectivity index is 1.64. The Hall–Kier alpha value is -1.06. The molecule has 2 aromatic rings. The van der Waals surface area contributed by atoms with E-state index in [1.54, 1.807) is 0 Å². The van der Waals surface area contributed by atoms with E-state index in [-0.39, 0.29) is 0 Å². The summed E-state index contributed by atoms with van der Waals surface area (Å²) in [5.41, 5.74) is 0. The normalized spacial score (nSPS) is 20.2. The smallest absolute Gasteiger partial charge is 0.0918 e. The van der Waals surface area contributed by atoms with Crippen LogP contribution in [0.2, 0.25) is 0 Å². The fraction of sp³-hybridized carbons (Fsp3) is 0.500. The molecule has 0 bridgehead atoms. The monoisotopic (exact) mass is 274 g/mol. The van der Waals surface area contributed by atoms with Crippen molar-refractivity contribution >= 4 is 26.4 Å². The molecule has 3 rings (SSSR count). The topological polar surface area (TPSA) is 6.48 Å². The molecule has 2 heterocycles. The van der Waals surface area contributed by atoms with Gasteiger partial charge in [-0.2, -0.15) is 0 Å². The highest BCUT2D eigenvalue weighted by Crippen LogP contribution is 2.32. The van der Waals surface area contributed by atoms with Gasteiger partial charge in [-0.3, -0.25) is 0 Å². The van der Waals surface area contributed by atoms with Crippen molar-refractivity contribution in [1.82, 2.24) is 4.90 Å². The van der Waals surface area contributed by atoms with Gasteiger partial charge >= 0.3 is 0 Å². The highest BCUT2D eigenvalue weighted by atomic mass is 32.1. The predicted octanol–water partition coefficient (Wildman–Crippen LogP) is 3.82. The summed E-state index contributed by atoms with van der Waals surface area (Å²) >= 11 is 1.90. The van der Waals surface area contributed by atoms with Gasteiger partial charge in [0.25, 0.3) is 0 Å². The summed E-state index contributed by atoms with van der Waals surface area (Å²) in [5, 5.41) is 2.76. The maximum absolute atomic E-state index is 2.51. The second-order valence-corrected chi connectivity index (χ2v) is 6.67. The maximum atomic E-state index is 2.51. The Labute approximate surface area is 119 Å². The van der Waals surface area contributed by atoms with E-state index in [0.29, 0.717) is 0 Å². The summed E-state index contributed by atoms with van der Waals surface area (Å²) < 4.78 is 1.39. The molecule has 3 heteroatoms. The number of hydrogen-bond donors (Lipinski definition) is 0. The average molecular weight is 274 g/mol. The molecule has 1 saturated heterocycles. The van der Waals surface area contributed by atoms with E-state index in [4.69, 9.17) is 0 Å². The molecule has 0 spiro atoms. The molecule has 1 aliphatic rings. The van der Waals surface area contributed by atoms with Crippen molar-refractivity contribution in [2.45, 2.75) is 25.3 Å².